The minimum atomic E-state index is 0.117. The second kappa shape index (κ2) is 6.27. The molecule has 3 N–H and O–H groups in total. The lowest BCUT2D eigenvalue weighted by Crippen LogP contribution is -2.26. The molecule has 5 heteroatoms. The van der Waals surface area contributed by atoms with Gasteiger partial charge in [-0.3, -0.25) is 0 Å². The first-order valence-corrected chi connectivity index (χ1v) is 5.66. The van der Waals surface area contributed by atoms with Crippen molar-refractivity contribution < 1.29 is 0 Å². The summed E-state index contributed by atoms with van der Waals surface area (Å²) < 4.78 is 0. The summed E-state index contributed by atoms with van der Waals surface area (Å²) in [7, 11) is 2.03. The highest BCUT2D eigenvalue weighted by Gasteiger charge is 2.03. The fourth-order valence-electron chi connectivity index (χ4n) is 1.37. The maximum absolute atomic E-state index is 5.67. The topological polar surface area (TPSA) is 67.1 Å². The first-order chi connectivity index (χ1) is 7.63. The molecule has 0 fully saturated rings. The van der Waals surface area contributed by atoms with Gasteiger partial charge in [-0.1, -0.05) is 6.92 Å². The highest BCUT2D eigenvalue weighted by molar-refractivity contribution is 5.47. The quantitative estimate of drug-likeness (QED) is 0.755. The first kappa shape index (κ1) is 12.7. The van der Waals surface area contributed by atoms with Gasteiger partial charge in [0, 0.05) is 32.2 Å². The lowest BCUT2D eigenvalue weighted by molar-refractivity contribution is 0.776. The van der Waals surface area contributed by atoms with Crippen LogP contribution in [0.1, 0.15) is 20.3 Å². The number of anilines is 2. The zero-order chi connectivity index (χ0) is 12.0. The van der Waals surface area contributed by atoms with Gasteiger partial charge in [-0.2, -0.15) is 0 Å². The third kappa shape index (κ3) is 4.02. The Balaban J connectivity index is 2.63. The Kier molecular flexibility index (Phi) is 4.98. The van der Waals surface area contributed by atoms with Crippen molar-refractivity contribution in [2.24, 2.45) is 5.73 Å². The van der Waals surface area contributed by atoms with Crippen molar-refractivity contribution in [3.05, 3.63) is 12.4 Å². The van der Waals surface area contributed by atoms with E-state index in [1.807, 2.05) is 20.0 Å². The van der Waals surface area contributed by atoms with Crippen molar-refractivity contribution in [3.63, 3.8) is 0 Å². The van der Waals surface area contributed by atoms with Crippen LogP contribution >= 0.6 is 0 Å². The van der Waals surface area contributed by atoms with Gasteiger partial charge in [0.05, 0.1) is 0 Å². The van der Waals surface area contributed by atoms with E-state index in [1.54, 1.807) is 6.33 Å². The summed E-state index contributed by atoms with van der Waals surface area (Å²) in [6, 6.07) is 2.06. The van der Waals surface area contributed by atoms with Crippen LogP contribution in [0.15, 0.2) is 12.4 Å². The number of aromatic nitrogens is 2. The van der Waals surface area contributed by atoms with Crippen molar-refractivity contribution >= 4 is 11.6 Å². The monoisotopic (exact) mass is 223 g/mol. The molecular weight excluding hydrogens is 202 g/mol. The Morgan fingerprint density at radius 1 is 1.50 bits per heavy atom. The second-order valence-corrected chi connectivity index (χ2v) is 4.04. The van der Waals surface area contributed by atoms with Crippen molar-refractivity contribution in [2.75, 3.05) is 30.4 Å². The normalized spacial score (nSPS) is 12.2. The van der Waals surface area contributed by atoms with Gasteiger partial charge in [0.25, 0.3) is 0 Å². The third-order valence-corrected chi connectivity index (χ3v) is 2.21. The van der Waals surface area contributed by atoms with E-state index in [9.17, 15) is 0 Å². The number of hydrogen-bond acceptors (Lipinski definition) is 5. The molecule has 0 saturated carbocycles. The summed E-state index contributed by atoms with van der Waals surface area (Å²) in [5.41, 5.74) is 5.67. The Labute approximate surface area is 97.1 Å². The molecule has 0 amide bonds. The van der Waals surface area contributed by atoms with Gasteiger partial charge in [-0.15, -0.1) is 0 Å². The summed E-state index contributed by atoms with van der Waals surface area (Å²) >= 11 is 0. The maximum Gasteiger partial charge on any atom is 0.133 e. The summed E-state index contributed by atoms with van der Waals surface area (Å²) in [4.78, 5) is 10.5. The smallest absolute Gasteiger partial charge is 0.133 e. The first-order valence-electron chi connectivity index (χ1n) is 5.66. The molecule has 0 saturated heterocycles. The van der Waals surface area contributed by atoms with Gasteiger partial charge in [-0.25, -0.2) is 9.97 Å². The summed E-state index contributed by atoms with van der Waals surface area (Å²) in [6.45, 7) is 5.81. The van der Waals surface area contributed by atoms with Gasteiger partial charge in [0.15, 0.2) is 0 Å². The largest absolute Gasteiger partial charge is 0.368 e. The Morgan fingerprint density at radius 2 is 2.25 bits per heavy atom. The minimum Gasteiger partial charge on any atom is -0.368 e. The molecule has 1 atom stereocenters. The summed E-state index contributed by atoms with van der Waals surface area (Å²) in [5, 5.41) is 3.18. The van der Waals surface area contributed by atoms with Crippen molar-refractivity contribution in [3.8, 4) is 0 Å². The molecule has 90 valence electrons. The van der Waals surface area contributed by atoms with Crippen LogP contribution < -0.4 is 16.0 Å². The van der Waals surface area contributed by atoms with E-state index in [1.165, 1.54) is 0 Å². The molecule has 1 rings (SSSR count). The number of hydrogen-bond donors (Lipinski definition) is 2. The lowest BCUT2D eigenvalue weighted by atomic mass is 10.3. The van der Waals surface area contributed by atoms with Gasteiger partial charge >= 0.3 is 0 Å². The fourth-order valence-corrected chi connectivity index (χ4v) is 1.37. The van der Waals surface area contributed by atoms with Gasteiger partial charge in [0.1, 0.15) is 18.0 Å². The average molecular weight is 223 g/mol. The van der Waals surface area contributed by atoms with Crippen LogP contribution in [0.5, 0.6) is 0 Å². The molecular formula is C11H21N5. The average Bonchev–Trinajstić information content (AvgIpc) is 2.27. The molecule has 0 aromatic carbocycles. The third-order valence-electron chi connectivity index (χ3n) is 2.21. The van der Waals surface area contributed by atoms with E-state index in [0.717, 1.165) is 24.6 Å². The van der Waals surface area contributed by atoms with E-state index in [-0.39, 0.29) is 6.04 Å². The van der Waals surface area contributed by atoms with E-state index in [4.69, 9.17) is 5.73 Å². The number of rotatable bonds is 6. The van der Waals surface area contributed by atoms with Gasteiger partial charge < -0.3 is 16.0 Å². The maximum atomic E-state index is 5.67. The molecule has 16 heavy (non-hydrogen) atoms. The summed E-state index contributed by atoms with van der Waals surface area (Å²) in [6.07, 6.45) is 2.67. The lowest BCUT2D eigenvalue weighted by Gasteiger charge is -2.17. The molecule has 1 aromatic rings. The molecule has 0 bridgehead atoms. The minimum absolute atomic E-state index is 0.117. The molecule has 0 aliphatic rings. The van der Waals surface area contributed by atoms with Crippen LogP contribution in [-0.2, 0) is 0 Å². The van der Waals surface area contributed by atoms with Crippen LogP contribution in [0, 0.1) is 0 Å². The van der Waals surface area contributed by atoms with Crippen LogP contribution in [0.4, 0.5) is 11.6 Å². The number of nitrogens with one attached hydrogen (secondary N) is 1. The van der Waals surface area contributed by atoms with Crippen molar-refractivity contribution in [2.45, 2.75) is 26.3 Å². The van der Waals surface area contributed by atoms with E-state index in [2.05, 4.69) is 27.1 Å². The van der Waals surface area contributed by atoms with Crippen LogP contribution in [0.25, 0.3) is 0 Å². The molecule has 1 unspecified atom stereocenters. The Bertz CT molecular complexity index is 313. The van der Waals surface area contributed by atoms with Crippen molar-refractivity contribution in [1.82, 2.24) is 9.97 Å². The predicted octanol–water partition coefficient (Wildman–Crippen LogP) is 1.08. The standard InChI is InChI=1S/C11H21N5/c1-4-5-16(3)11-6-10(14-8-15-11)13-7-9(2)12/h6,8-9H,4-5,7,12H2,1-3H3,(H,13,14,15). The van der Waals surface area contributed by atoms with Crippen LogP contribution in [0.2, 0.25) is 0 Å². The SMILES string of the molecule is CCCN(C)c1cc(NCC(C)N)ncn1. The highest BCUT2D eigenvalue weighted by Crippen LogP contribution is 2.12. The zero-order valence-corrected chi connectivity index (χ0v) is 10.3. The Morgan fingerprint density at radius 3 is 2.88 bits per heavy atom. The zero-order valence-electron chi connectivity index (χ0n) is 10.3. The molecule has 1 heterocycles. The van der Waals surface area contributed by atoms with E-state index >= 15 is 0 Å². The highest BCUT2D eigenvalue weighted by atomic mass is 15.2. The molecule has 5 nitrogen and oxygen atoms in total. The van der Waals surface area contributed by atoms with Gasteiger partial charge in [-0.05, 0) is 13.3 Å². The van der Waals surface area contributed by atoms with Gasteiger partial charge in [0.2, 0.25) is 0 Å². The molecule has 1 aromatic heterocycles. The van der Waals surface area contributed by atoms with E-state index in [0.29, 0.717) is 6.54 Å². The molecule has 0 aliphatic carbocycles. The summed E-state index contributed by atoms with van der Waals surface area (Å²) in [5.74, 6) is 1.76. The van der Waals surface area contributed by atoms with Crippen LogP contribution in [-0.4, -0.2) is 36.1 Å². The number of nitrogens with two attached hydrogens (primary N) is 1. The van der Waals surface area contributed by atoms with E-state index < -0.39 is 0 Å². The number of nitrogens with zero attached hydrogens (tertiary/aromatic N) is 3. The molecule has 0 aliphatic heterocycles. The van der Waals surface area contributed by atoms with Crippen LogP contribution in [0.3, 0.4) is 0 Å². The fraction of sp³-hybridized carbons (Fsp3) is 0.636. The predicted molar refractivity (Wildman–Crippen MR) is 67.7 cm³/mol. The molecule has 0 radical (unpaired) electrons. The molecule has 0 spiro atoms. The Hall–Kier alpha value is -1.36. The second-order valence-electron chi connectivity index (χ2n) is 4.04. The van der Waals surface area contributed by atoms with Crippen molar-refractivity contribution in [1.29, 1.82) is 0 Å².